The van der Waals surface area contributed by atoms with Gasteiger partial charge in [-0.1, -0.05) is 49.4 Å². The summed E-state index contributed by atoms with van der Waals surface area (Å²) in [7, 11) is 0. The van der Waals surface area contributed by atoms with Crippen LogP contribution in [0.4, 0.5) is 0 Å². The molecule has 4 nitrogen and oxygen atoms in total. The van der Waals surface area contributed by atoms with Crippen molar-refractivity contribution in [3.63, 3.8) is 0 Å². The number of carbonyl (C=O) groups excluding carboxylic acids is 1. The highest BCUT2D eigenvalue weighted by Crippen LogP contribution is 2.22. The Balaban J connectivity index is 1.36. The number of hydrogen-bond donors (Lipinski definition) is 1. The number of fused-ring (bicyclic) bond motifs is 1. The summed E-state index contributed by atoms with van der Waals surface area (Å²) in [5, 5.41) is 5.91. The molecule has 2 saturated heterocycles. The molecule has 2 fully saturated rings. The van der Waals surface area contributed by atoms with E-state index < -0.39 is 0 Å². The summed E-state index contributed by atoms with van der Waals surface area (Å²) in [4.78, 5) is 17.2. The molecule has 25 heavy (non-hydrogen) atoms. The molecular formula is C21H27N3O. The molecular weight excluding hydrogens is 310 g/mol. The van der Waals surface area contributed by atoms with Gasteiger partial charge in [0.1, 0.15) is 0 Å². The molecule has 1 N–H and O–H groups in total. The van der Waals surface area contributed by atoms with E-state index in [1.54, 1.807) is 0 Å². The summed E-state index contributed by atoms with van der Waals surface area (Å²) in [6.07, 6.45) is 0. The molecule has 132 valence electrons. The fourth-order valence-electron chi connectivity index (χ4n) is 3.95. The van der Waals surface area contributed by atoms with Crippen LogP contribution in [0.3, 0.4) is 0 Å². The van der Waals surface area contributed by atoms with Gasteiger partial charge in [-0.2, -0.15) is 0 Å². The number of rotatable bonds is 4. The summed E-state index contributed by atoms with van der Waals surface area (Å²) >= 11 is 0. The van der Waals surface area contributed by atoms with E-state index in [4.69, 9.17) is 0 Å². The zero-order valence-electron chi connectivity index (χ0n) is 14.9. The van der Waals surface area contributed by atoms with Gasteiger partial charge < -0.3 is 10.2 Å². The van der Waals surface area contributed by atoms with Gasteiger partial charge in [-0.15, -0.1) is 0 Å². The van der Waals surface area contributed by atoms with Gasteiger partial charge in [-0.05, 0) is 35.3 Å². The van der Waals surface area contributed by atoms with Crippen molar-refractivity contribution in [3.05, 3.63) is 48.0 Å². The van der Waals surface area contributed by atoms with E-state index in [9.17, 15) is 4.79 Å². The minimum atomic E-state index is 0.158. The Morgan fingerprint density at radius 3 is 2.52 bits per heavy atom. The van der Waals surface area contributed by atoms with Crippen LogP contribution in [0, 0.1) is 11.8 Å². The largest absolute Gasteiger partial charge is 0.340 e. The highest BCUT2D eigenvalue weighted by Gasteiger charge is 2.32. The van der Waals surface area contributed by atoms with Crippen molar-refractivity contribution >= 4 is 16.7 Å². The Labute approximate surface area is 149 Å². The first-order valence-corrected chi connectivity index (χ1v) is 9.41. The monoisotopic (exact) mass is 337 g/mol. The Bertz CT molecular complexity index is 742. The second-order valence-electron chi connectivity index (χ2n) is 7.45. The zero-order valence-corrected chi connectivity index (χ0v) is 14.9. The minimum absolute atomic E-state index is 0.158. The Hall–Kier alpha value is -1.91. The molecule has 1 unspecified atom stereocenters. The summed E-state index contributed by atoms with van der Waals surface area (Å²) in [6, 6.07) is 15.1. The molecule has 0 bridgehead atoms. The SMILES string of the molecule is CC(C(=O)N1CCN(Cc2cccc3ccccc23)CC1)C1CNC1. The molecule has 2 aromatic rings. The molecule has 4 heteroatoms. The number of amides is 1. The summed E-state index contributed by atoms with van der Waals surface area (Å²) < 4.78 is 0. The maximum Gasteiger partial charge on any atom is 0.225 e. The van der Waals surface area contributed by atoms with Crippen LogP contribution in [0.15, 0.2) is 42.5 Å². The van der Waals surface area contributed by atoms with E-state index in [1.807, 2.05) is 0 Å². The van der Waals surface area contributed by atoms with E-state index >= 15 is 0 Å². The number of nitrogens with zero attached hydrogens (tertiary/aromatic N) is 2. The van der Waals surface area contributed by atoms with Gasteiger partial charge in [-0.3, -0.25) is 9.69 Å². The van der Waals surface area contributed by atoms with Crippen LogP contribution in [0.1, 0.15) is 12.5 Å². The van der Waals surface area contributed by atoms with E-state index in [-0.39, 0.29) is 5.92 Å². The van der Waals surface area contributed by atoms with Crippen molar-refractivity contribution in [1.29, 1.82) is 0 Å². The standard InChI is InChI=1S/C21H27N3O/c1-16(19-13-22-14-19)21(25)24-11-9-23(10-12-24)15-18-7-4-6-17-5-2-3-8-20(17)18/h2-8,16,19,22H,9-15H2,1H3. The van der Waals surface area contributed by atoms with Gasteiger partial charge >= 0.3 is 0 Å². The van der Waals surface area contributed by atoms with Gasteiger partial charge in [0.25, 0.3) is 0 Å². The lowest BCUT2D eigenvalue weighted by Gasteiger charge is -2.39. The topological polar surface area (TPSA) is 35.6 Å². The molecule has 2 aliphatic rings. The molecule has 0 saturated carbocycles. The summed E-state index contributed by atoms with van der Waals surface area (Å²) in [5.74, 6) is 1.03. The normalized spacial score (nSPS) is 20.4. The first-order chi connectivity index (χ1) is 12.2. The van der Waals surface area contributed by atoms with Crippen LogP contribution in [-0.2, 0) is 11.3 Å². The van der Waals surface area contributed by atoms with Crippen molar-refractivity contribution in [1.82, 2.24) is 15.1 Å². The van der Waals surface area contributed by atoms with Crippen LogP contribution >= 0.6 is 0 Å². The molecule has 4 rings (SSSR count). The van der Waals surface area contributed by atoms with Gasteiger partial charge in [-0.25, -0.2) is 0 Å². The molecule has 0 aromatic heterocycles. The van der Waals surface area contributed by atoms with Crippen LogP contribution in [0.5, 0.6) is 0 Å². The van der Waals surface area contributed by atoms with Crippen molar-refractivity contribution in [2.45, 2.75) is 13.5 Å². The predicted molar refractivity (Wildman–Crippen MR) is 101 cm³/mol. The number of carbonyl (C=O) groups is 1. The lowest BCUT2D eigenvalue weighted by molar-refractivity contribution is -0.139. The maximum absolute atomic E-state index is 12.7. The van der Waals surface area contributed by atoms with Crippen LogP contribution in [0.25, 0.3) is 10.8 Å². The van der Waals surface area contributed by atoms with Gasteiger partial charge in [0.05, 0.1) is 0 Å². The maximum atomic E-state index is 12.7. The molecule has 1 amide bonds. The van der Waals surface area contributed by atoms with Crippen LogP contribution in [0.2, 0.25) is 0 Å². The number of hydrogen-bond acceptors (Lipinski definition) is 3. The molecule has 1 atom stereocenters. The molecule has 2 aliphatic heterocycles. The fraction of sp³-hybridized carbons (Fsp3) is 0.476. The summed E-state index contributed by atoms with van der Waals surface area (Å²) in [6.45, 7) is 8.68. The lowest BCUT2D eigenvalue weighted by atomic mass is 9.88. The van der Waals surface area contributed by atoms with E-state index in [0.717, 1.165) is 45.8 Å². The first kappa shape index (κ1) is 16.6. The van der Waals surface area contributed by atoms with Gasteiger partial charge in [0, 0.05) is 38.6 Å². The van der Waals surface area contributed by atoms with E-state index in [0.29, 0.717) is 11.8 Å². The first-order valence-electron chi connectivity index (χ1n) is 9.41. The number of nitrogens with one attached hydrogen (secondary N) is 1. The summed E-state index contributed by atoms with van der Waals surface area (Å²) in [5.41, 5.74) is 1.38. The Kier molecular flexibility index (Phi) is 4.73. The lowest BCUT2D eigenvalue weighted by Crippen LogP contribution is -2.54. The Morgan fingerprint density at radius 1 is 1.08 bits per heavy atom. The van der Waals surface area contributed by atoms with Crippen molar-refractivity contribution in [3.8, 4) is 0 Å². The van der Waals surface area contributed by atoms with Crippen LogP contribution in [-0.4, -0.2) is 55.0 Å². The smallest absolute Gasteiger partial charge is 0.225 e. The second kappa shape index (κ2) is 7.14. The number of piperazine rings is 1. The molecule has 0 radical (unpaired) electrons. The molecule has 0 spiro atoms. The van der Waals surface area contributed by atoms with E-state index in [2.05, 4.69) is 64.5 Å². The minimum Gasteiger partial charge on any atom is -0.340 e. The number of benzene rings is 2. The highest BCUT2D eigenvalue weighted by molar-refractivity contribution is 5.85. The van der Waals surface area contributed by atoms with Gasteiger partial charge in [0.2, 0.25) is 5.91 Å². The van der Waals surface area contributed by atoms with Gasteiger partial charge in [0.15, 0.2) is 0 Å². The third kappa shape index (κ3) is 3.42. The fourth-order valence-corrected chi connectivity index (χ4v) is 3.95. The highest BCUT2D eigenvalue weighted by atomic mass is 16.2. The Morgan fingerprint density at radius 2 is 1.80 bits per heavy atom. The van der Waals surface area contributed by atoms with Crippen molar-refractivity contribution < 1.29 is 4.79 Å². The van der Waals surface area contributed by atoms with Crippen LogP contribution < -0.4 is 5.32 Å². The zero-order chi connectivity index (χ0) is 17.2. The molecule has 2 heterocycles. The van der Waals surface area contributed by atoms with E-state index in [1.165, 1.54) is 16.3 Å². The quantitative estimate of drug-likeness (QED) is 0.930. The third-order valence-corrected chi connectivity index (χ3v) is 5.87. The van der Waals surface area contributed by atoms with Crippen molar-refractivity contribution in [2.75, 3.05) is 39.3 Å². The average Bonchev–Trinajstić information content (AvgIpc) is 2.60. The molecule has 2 aromatic carbocycles. The molecule has 0 aliphatic carbocycles. The third-order valence-electron chi connectivity index (χ3n) is 5.87. The second-order valence-corrected chi connectivity index (χ2v) is 7.45. The predicted octanol–water partition coefficient (Wildman–Crippen LogP) is 2.34. The average molecular weight is 337 g/mol. The van der Waals surface area contributed by atoms with Crippen molar-refractivity contribution in [2.24, 2.45) is 11.8 Å².